The minimum absolute atomic E-state index is 0.0625. The molecule has 4 rings (SSSR count). The fourth-order valence-corrected chi connectivity index (χ4v) is 3.48. The van der Waals surface area contributed by atoms with Gasteiger partial charge in [0, 0.05) is 23.1 Å². The van der Waals surface area contributed by atoms with Crippen LogP contribution in [-0.4, -0.2) is 25.7 Å². The molecule has 0 fully saturated rings. The van der Waals surface area contributed by atoms with Crippen molar-refractivity contribution in [1.29, 1.82) is 0 Å². The van der Waals surface area contributed by atoms with E-state index in [0.717, 1.165) is 35.5 Å². The molecule has 0 saturated carbocycles. The Morgan fingerprint density at radius 3 is 2.71 bits per heavy atom. The van der Waals surface area contributed by atoms with Gasteiger partial charge in [0.25, 0.3) is 0 Å². The summed E-state index contributed by atoms with van der Waals surface area (Å²) in [5.41, 5.74) is 4.31. The molecule has 2 heterocycles. The van der Waals surface area contributed by atoms with Gasteiger partial charge in [-0.3, -0.25) is 0 Å². The molecule has 0 radical (unpaired) electrons. The van der Waals surface area contributed by atoms with E-state index in [1.165, 1.54) is 24.1 Å². The maximum atomic E-state index is 14.1. The van der Waals surface area contributed by atoms with Crippen LogP contribution in [0.25, 0.3) is 10.9 Å². The van der Waals surface area contributed by atoms with Crippen LogP contribution < -0.4 is 14.8 Å². The third-order valence-electron chi connectivity index (χ3n) is 4.67. The first-order chi connectivity index (χ1) is 11.7. The van der Waals surface area contributed by atoms with E-state index < -0.39 is 0 Å². The zero-order valence-electron chi connectivity index (χ0n) is 13.7. The van der Waals surface area contributed by atoms with E-state index in [9.17, 15) is 4.39 Å². The van der Waals surface area contributed by atoms with Crippen LogP contribution in [-0.2, 0) is 6.42 Å². The number of hydrogen-bond acceptors (Lipinski definition) is 3. The van der Waals surface area contributed by atoms with Crippen LogP contribution in [0.15, 0.2) is 36.4 Å². The Kier molecular flexibility index (Phi) is 3.65. The van der Waals surface area contributed by atoms with E-state index in [-0.39, 0.29) is 17.6 Å². The Bertz CT molecular complexity index is 904. The van der Waals surface area contributed by atoms with Crippen LogP contribution in [0, 0.1) is 5.82 Å². The van der Waals surface area contributed by atoms with Crippen LogP contribution in [0.5, 0.6) is 11.5 Å². The first-order valence-corrected chi connectivity index (χ1v) is 7.96. The number of H-pyrrole nitrogens is 1. The van der Waals surface area contributed by atoms with Gasteiger partial charge in [0.1, 0.15) is 5.75 Å². The largest absolute Gasteiger partial charge is 0.497 e. The van der Waals surface area contributed by atoms with Crippen LogP contribution in [0.1, 0.15) is 22.9 Å². The summed E-state index contributed by atoms with van der Waals surface area (Å²) < 4.78 is 24.5. The average Bonchev–Trinajstić information content (AvgIpc) is 2.99. The monoisotopic (exact) mass is 326 g/mol. The van der Waals surface area contributed by atoms with E-state index >= 15 is 0 Å². The minimum atomic E-state index is -0.346. The number of nitrogens with one attached hydrogen (secondary N) is 2. The van der Waals surface area contributed by atoms with E-state index in [0.29, 0.717) is 0 Å². The van der Waals surface area contributed by atoms with Crippen molar-refractivity contribution in [1.82, 2.24) is 10.3 Å². The number of rotatable bonds is 3. The van der Waals surface area contributed by atoms with Gasteiger partial charge in [-0.15, -0.1) is 0 Å². The highest BCUT2D eigenvalue weighted by Crippen LogP contribution is 2.35. The van der Waals surface area contributed by atoms with E-state index in [4.69, 9.17) is 9.47 Å². The number of benzene rings is 2. The lowest BCUT2D eigenvalue weighted by atomic mass is 9.94. The molecule has 4 nitrogen and oxygen atoms in total. The highest BCUT2D eigenvalue weighted by molar-refractivity contribution is 5.86. The molecule has 0 aliphatic carbocycles. The summed E-state index contributed by atoms with van der Waals surface area (Å²) in [5, 5.41) is 4.65. The standard InChI is InChI=1S/C19H19FN2O2/c1-23-12-4-5-16-14(10-12)13-7-8-21-18(19(13)22-16)11-3-6-17(24-2)15(20)9-11/h3-6,9-10,18,21-22H,7-8H2,1-2H3. The van der Waals surface area contributed by atoms with Crippen LogP contribution in [0.3, 0.4) is 0 Å². The van der Waals surface area contributed by atoms with Gasteiger partial charge >= 0.3 is 0 Å². The Hall–Kier alpha value is -2.53. The summed E-state index contributed by atoms with van der Waals surface area (Å²) in [7, 11) is 3.14. The topological polar surface area (TPSA) is 46.3 Å². The van der Waals surface area contributed by atoms with Crippen molar-refractivity contribution in [2.75, 3.05) is 20.8 Å². The molecule has 124 valence electrons. The second-order valence-corrected chi connectivity index (χ2v) is 5.96. The lowest BCUT2D eigenvalue weighted by Gasteiger charge is -2.25. The maximum Gasteiger partial charge on any atom is 0.165 e. The zero-order chi connectivity index (χ0) is 16.7. The Morgan fingerprint density at radius 2 is 1.96 bits per heavy atom. The molecule has 1 atom stereocenters. The van der Waals surface area contributed by atoms with Gasteiger partial charge in [-0.25, -0.2) is 4.39 Å². The van der Waals surface area contributed by atoms with Crippen molar-refractivity contribution in [3.8, 4) is 11.5 Å². The normalized spacial score (nSPS) is 16.9. The second-order valence-electron chi connectivity index (χ2n) is 5.96. The molecule has 5 heteroatoms. The van der Waals surface area contributed by atoms with Crippen LogP contribution in [0.4, 0.5) is 4.39 Å². The van der Waals surface area contributed by atoms with Gasteiger partial charge in [-0.05, 0) is 47.9 Å². The van der Waals surface area contributed by atoms with E-state index in [1.54, 1.807) is 13.2 Å². The molecule has 2 N–H and O–H groups in total. The summed E-state index contributed by atoms with van der Waals surface area (Å²) in [6, 6.07) is 11.1. The van der Waals surface area contributed by atoms with Crippen molar-refractivity contribution in [2.24, 2.45) is 0 Å². The molecule has 24 heavy (non-hydrogen) atoms. The summed E-state index contributed by atoms with van der Waals surface area (Å²) in [6.07, 6.45) is 0.928. The lowest BCUT2D eigenvalue weighted by Crippen LogP contribution is -2.30. The quantitative estimate of drug-likeness (QED) is 0.774. The molecule has 0 spiro atoms. The van der Waals surface area contributed by atoms with Gasteiger partial charge in [-0.2, -0.15) is 0 Å². The van der Waals surface area contributed by atoms with E-state index in [1.807, 2.05) is 18.2 Å². The fraction of sp³-hybridized carbons (Fsp3) is 0.263. The SMILES string of the molecule is COc1ccc2[nH]c3c(c2c1)CCNC3c1ccc(OC)c(F)c1. The summed E-state index contributed by atoms with van der Waals surface area (Å²) >= 11 is 0. The zero-order valence-corrected chi connectivity index (χ0v) is 13.7. The first-order valence-electron chi connectivity index (χ1n) is 7.96. The fourth-order valence-electron chi connectivity index (χ4n) is 3.48. The van der Waals surface area contributed by atoms with Gasteiger partial charge in [-0.1, -0.05) is 6.07 Å². The lowest BCUT2D eigenvalue weighted by molar-refractivity contribution is 0.385. The van der Waals surface area contributed by atoms with Gasteiger partial charge in [0.05, 0.1) is 20.3 Å². The van der Waals surface area contributed by atoms with E-state index in [2.05, 4.69) is 16.4 Å². The van der Waals surface area contributed by atoms with Gasteiger partial charge < -0.3 is 19.8 Å². The Morgan fingerprint density at radius 1 is 1.08 bits per heavy atom. The number of hydrogen-bond donors (Lipinski definition) is 2. The molecule has 1 aromatic heterocycles. The van der Waals surface area contributed by atoms with Crippen molar-refractivity contribution in [2.45, 2.75) is 12.5 Å². The van der Waals surface area contributed by atoms with Gasteiger partial charge in [0.2, 0.25) is 0 Å². The average molecular weight is 326 g/mol. The predicted octanol–water partition coefficient (Wildman–Crippen LogP) is 3.56. The molecule has 1 aliphatic rings. The number of ether oxygens (including phenoxy) is 2. The Labute approximate surface area is 139 Å². The highest BCUT2D eigenvalue weighted by Gasteiger charge is 2.26. The third-order valence-corrected chi connectivity index (χ3v) is 4.67. The molecule has 0 bridgehead atoms. The number of halogens is 1. The smallest absolute Gasteiger partial charge is 0.165 e. The van der Waals surface area contributed by atoms with Gasteiger partial charge in [0.15, 0.2) is 11.6 Å². The van der Waals surface area contributed by atoms with Crippen molar-refractivity contribution in [3.63, 3.8) is 0 Å². The Balaban J connectivity index is 1.82. The van der Waals surface area contributed by atoms with Crippen molar-refractivity contribution < 1.29 is 13.9 Å². The van der Waals surface area contributed by atoms with Crippen molar-refractivity contribution >= 4 is 10.9 Å². The molecule has 1 unspecified atom stereocenters. The molecular formula is C19H19FN2O2. The summed E-state index contributed by atoms with van der Waals surface area (Å²) in [4.78, 5) is 3.49. The number of aromatic amines is 1. The predicted molar refractivity (Wildman–Crippen MR) is 91.4 cm³/mol. The molecule has 0 saturated heterocycles. The molecule has 0 amide bonds. The summed E-state index contributed by atoms with van der Waals surface area (Å²) in [5.74, 6) is 0.757. The number of aromatic nitrogens is 1. The maximum absolute atomic E-state index is 14.1. The summed E-state index contributed by atoms with van der Waals surface area (Å²) in [6.45, 7) is 0.843. The minimum Gasteiger partial charge on any atom is -0.497 e. The highest BCUT2D eigenvalue weighted by atomic mass is 19.1. The second kappa shape index (κ2) is 5.83. The van der Waals surface area contributed by atoms with Crippen LogP contribution in [0.2, 0.25) is 0 Å². The third kappa shape index (κ3) is 2.32. The molecule has 2 aromatic carbocycles. The first kappa shape index (κ1) is 15.0. The number of fused-ring (bicyclic) bond motifs is 3. The molecule has 1 aliphatic heterocycles. The molecule has 3 aromatic rings. The van der Waals surface area contributed by atoms with Crippen LogP contribution >= 0.6 is 0 Å². The van der Waals surface area contributed by atoms with Crippen molar-refractivity contribution in [3.05, 3.63) is 59.0 Å². The molecular weight excluding hydrogens is 307 g/mol. The number of methoxy groups -OCH3 is 2.